The molecule has 1 unspecified atom stereocenters. The van der Waals surface area contributed by atoms with Crippen LogP contribution in [0.4, 0.5) is 10.1 Å². The third kappa shape index (κ3) is 3.40. The van der Waals surface area contributed by atoms with Crippen LogP contribution in [0.3, 0.4) is 0 Å². The zero-order valence-electron chi connectivity index (χ0n) is 12.2. The monoisotopic (exact) mass is 349 g/mol. The fourth-order valence-corrected chi connectivity index (χ4v) is 4.30. The third-order valence-corrected chi connectivity index (χ3v) is 5.70. The first-order valence-electron chi connectivity index (χ1n) is 6.72. The SMILES string of the molecule is CC(=O)Nc1cc(F)c(S(=O)(=O)N2CCNCC2C)cc1Cl. The summed E-state index contributed by atoms with van der Waals surface area (Å²) in [4.78, 5) is 10.5. The molecule has 2 N–H and O–H groups in total. The van der Waals surface area contributed by atoms with Gasteiger partial charge in [-0.15, -0.1) is 0 Å². The number of carbonyl (C=O) groups is 1. The van der Waals surface area contributed by atoms with Gasteiger partial charge in [-0.05, 0) is 13.0 Å². The lowest BCUT2D eigenvalue weighted by atomic mass is 10.3. The van der Waals surface area contributed by atoms with Crippen molar-refractivity contribution in [3.8, 4) is 0 Å². The standard InChI is InChI=1S/C13H17ClFN3O3S/c1-8-7-16-3-4-18(8)22(20,21)13-5-10(14)12(6-11(13)15)17-9(2)19/h5-6,8,16H,3-4,7H2,1-2H3,(H,17,19). The van der Waals surface area contributed by atoms with E-state index in [2.05, 4.69) is 10.6 Å². The van der Waals surface area contributed by atoms with E-state index in [4.69, 9.17) is 11.6 Å². The molecule has 0 saturated carbocycles. The number of piperazine rings is 1. The first-order chi connectivity index (χ1) is 10.2. The molecule has 1 aromatic carbocycles. The summed E-state index contributed by atoms with van der Waals surface area (Å²) in [6, 6.07) is 1.67. The second-order valence-corrected chi connectivity index (χ2v) is 7.38. The summed E-state index contributed by atoms with van der Waals surface area (Å²) in [5, 5.41) is 5.39. The van der Waals surface area contributed by atoms with Crippen molar-refractivity contribution in [1.82, 2.24) is 9.62 Å². The van der Waals surface area contributed by atoms with E-state index in [1.165, 1.54) is 11.2 Å². The van der Waals surface area contributed by atoms with Crippen molar-refractivity contribution in [3.05, 3.63) is 23.0 Å². The lowest BCUT2D eigenvalue weighted by molar-refractivity contribution is -0.114. The predicted molar refractivity (Wildman–Crippen MR) is 81.9 cm³/mol. The Morgan fingerprint density at radius 3 is 2.77 bits per heavy atom. The van der Waals surface area contributed by atoms with E-state index < -0.39 is 26.6 Å². The van der Waals surface area contributed by atoms with Crippen LogP contribution in [0.5, 0.6) is 0 Å². The molecule has 1 aromatic rings. The van der Waals surface area contributed by atoms with Gasteiger partial charge in [0.1, 0.15) is 10.7 Å². The maximum atomic E-state index is 14.2. The smallest absolute Gasteiger partial charge is 0.246 e. The largest absolute Gasteiger partial charge is 0.325 e. The van der Waals surface area contributed by atoms with Crippen LogP contribution in [0.1, 0.15) is 13.8 Å². The van der Waals surface area contributed by atoms with Crippen LogP contribution < -0.4 is 10.6 Å². The van der Waals surface area contributed by atoms with Gasteiger partial charge in [-0.1, -0.05) is 11.6 Å². The predicted octanol–water partition coefficient (Wildman–Crippen LogP) is 1.42. The van der Waals surface area contributed by atoms with Crippen LogP contribution in [-0.2, 0) is 14.8 Å². The minimum Gasteiger partial charge on any atom is -0.325 e. The first-order valence-corrected chi connectivity index (χ1v) is 8.54. The summed E-state index contributed by atoms with van der Waals surface area (Å²) in [6.07, 6.45) is 0. The van der Waals surface area contributed by atoms with Crippen molar-refractivity contribution in [2.45, 2.75) is 24.8 Å². The number of rotatable bonds is 3. The summed E-state index contributed by atoms with van der Waals surface area (Å²) in [7, 11) is -3.99. The highest BCUT2D eigenvalue weighted by atomic mass is 35.5. The van der Waals surface area contributed by atoms with Gasteiger partial charge in [0, 0.05) is 38.7 Å². The normalized spacial score (nSPS) is 19.9. The molecule has 0 radical (unpaired) electrons. The molecule has 1 aliphatic heterocycles. The van der Waals surface area contributed by atoms with Crippen molar-refractivity contribution < 1.29 is 17.6 Å². The number of nitrogens with one attached hydrogen (secondary N) is 2. The minimum absolute atomic E-state index is 0.0297. The van der Waals surface area contributed by atoms with E-state index in [0.29, 0.717) is 13.1 Å². The molecule has 2 rings (SSSR count). The lowest BCUT2D eigenvalue weighted by Gasteiger charge is -2.33. The summed E-state index contributed by atoms with van der Waals surface area (Å²) in [6.45, 7) is 4.26. The highest BCUT2D eigenvalue weighted by Gasteiger charge is 2.33. The van der Waals surface area contributed by atoms with E-state index in [0.717, 1.165) is 12.1 Å². The number of halogens is 2. The quantitative estimate of drug-likeness (QED) is 0.865. The second-order valence-electron chi connectivity index (χ2n) is 5.11. The van der Waals surface area contributed by atoms with E-state index >= 15 is 0 Å². The minimum atomic E-state index is -3.99. The molecule has 22 heavy (non-hydrogen) atoms. The first kappa shape index (κ1) is 17.1. The molecule has 9 heteroatoms. The number of anilines is 1. The number of sulfonamides is 1. The molecule has 1 saturated heterocycles. The maximum absolute atomic E-state index is 14.2. The highest BCUT2D eigenvalue weighted by molar-refractivity contribution is 7.89. The molecular formula is C13H17ClFN3O3S. The van der Waals surface area contributed by atoms with Crippen molar-refractivity contribution in [2.75, 3.05) is 25.0 Å². The molecule has 0 aliphatic carbocycles. The summed E-state index contributed by atoms with van der Waals surface area (Å²) in [5.41, 5.74) is 0.0407. The van der Waals surface area contributed by atoms with Gasteiger partial charge in [-0.25, -0.2) is 12.8 Å². The molecule has 1 heterocycles. The molecule has 1 amide bonds. The molecule has 1 fully saturated rings. The average molecular weight is 350 g/mol. The summed E-state index contributed by atoms with van der Waals surface area (Å²) in [5.74, 6) is -1.37. The van der Waals surface area contributed by atoms with Crippen LogP contribution >= 0.6 is 11.6 Å². The average Bonchev–Trinajstić information content (AvgIpc) is 2.42. The van der Waals surface area contributed by atoms with Crippen LogP contribution in [0.2, 0.25) is 5.02 Å². The molecule has 0 bridgehead atoms. The van der Waals surface area contributed by atoms with E-state index in [1.54, 1.807) is 6.92 Å². The van der Waals surface area contributed by atoms with E-state index in [1.807, 2.05) is 0 Å². The lowest BCUT2D eigenvalue weighted by Crippen LogP contribution is -2.52. The number of hydrogen-bond acceptors (Lipinski definition) is 4. The van der Waals surface area contributed by atoms with Crippen LogP contribution in [0.15, 0.2) is 17.0 Å². The zero-order valence-corrected chi connectivity index (χ0v) is 13.8. The Hall–Kier alpha value is -1.22. The molecular weight excluding hydrogens is 333 g/mol. The van der Waals surface area contributed by atoms with Gasteiger partial charge in [-0.3, -0.25) is 4.79 Å². The number of hydrogen-bond donors (Lipinski definition) is 2. The van der Waals surface area contributed by atoms with Gasteiger partial charge in [-0.2, -0.15) is 4.31 Å². The van der Waals surface area contributed by atoms with E-state index in [-0.39, 0.29) is 23.3 Å². The van der Waals surface area contributed by atoms with Crippen LogP contribution in [0.25, 0.3) is 0 Å². The molecule has 1 atom stereocenters. The molecule has 6 nitrogen and oxygen atoms in total. The van der Waals surface area contributed by atoms with Gasteiger partial charge in [0.05, 0.1) is 10.7 Å². The molecule has 1 aliphatic rings. The van der Waals surface area contributed by atoms with Crippen molar-refractivity contribution >= 4 is 33.2 Å². The Balaban J connectivity index is 2.43. The molecule has 0 aromatic heterocycles. The summed E-state index contributed by atoms with van der Waals surface area (Å²) >= 11 is 5.95. The number of nitrogens with zero attached hydrogens (tertiary/aromatic N) is 1. The third-order valence-electron chi connectivity index (χ3n) is 3.36. The number of carbonyl (C=O) groups excluding carboxylic acids is 1. The van der Waals surface area contributed by atoms with Gasteiger partial charge < -0.3 is 10.6 Å². The van der Waals surface area contributed by atoms with Crippen molar-refractivity contribution in [1.29, 1.82) is 0 Å². The van der Waals surface area contributed by atoms with Crippen LogP contribution in [0, 0.1) is 5.82 Å². The number of benzene rings is 1. The van der Waals surface area contributed by atoms with Gasteiger partial charge in [0.2, 0.25) is 15.9 Å². The van der Waals surface area contributed by atoms with Gasteiger partial charge in [0.25, 0.3) is 0 Å². The van der Waals surface area contributed by atoms with Crippen molar-refractivity contribution in [2.24, 2.45) is 0 Å². The zero-order chi connectivity index (χ0) is 16.5. The Morgan fingerprint density at radius 1 is 1.50 bits per heavy atom. The van der Waals surface area contributed by atoms with Crippen LogP contribution in [-0.4, -0.2) is 44.3 Å². The maximum Gasteiger partial charge on any atom is 0.246 e. The second kappa shape index (κ2) is 6.49. The topological polar surface area (TPSA) is 78.5 Å². The van der Waals surface area contributed by atoms with Gasteiger partial charge in [0.15, 0.2) is 0 Å². The summed E-state index contributed by atoms with van der Waals surface area (Å²) < 4.78 is 40.7. The van der Waals surface area contributed by atoms with Gasteiger partial charge >= 0.3 is 0 Å². The molecule has 0 spiro atoms. The Bertz CT molecular complexity index is 696. The molecule has 122 valence electrons. The fraction of sp³-hybridized carbons (Fsp3) is 0.462. The fourth-order valence-electron chi connectivity index (χ4n) is 2.32. The Kier molecular flexibility index (Phi) is 5.06. The Morgan fingerprint density at radius 2 is 2.18 bits per heavy atom. The highest BCUT2D eigenvalue weighted by Crippen LogP contribution is 2.30. The Labute approximate surface area is 133 Å². The van der Waals surface area contributed by atoms with E-state index in [9.17, 15) is 17.6 Å². The number of amides is 1. The van der Waals surface area contributed by atoms with Crippen molar-refractivity contribution in [3.63, 3.8) is 0 Å².